The van der Waals surface area contributed by atoms with Gasteiger partial charge in [0.05, 0.1) is 12.7 Å². The topological polar surface area (TPSA) is 72.9 Å². The van der Waals surface area contributed by atoms with Crippen molar-refractivity contribution in [3.05, 3.63) is 59.7 Å². The highest BCUT2D eigenvalue weighted by atomic mass is 16.5. The number of carbonyl (C=O) groups excluding carboxylic acids is 3. The summed E-state index contributed by atoms with van der Waals surface area (Å²) >= 11 is 0. The first-order valence-electron chi connectivity index (χ1n) is 8.79. The number of methoxy groups -OCH3 is 1. The van der Waals surface area contributed by atoms with Gasteiger partial charge in [0.1, 0.15) is 5.75 Å². The third-order valence-corrected chi connectivity index (χ3v) is 4.49. The first kappa shape index (κ1) is 18.6. The van der Waals surface area contributed by atoms with E-state index in [2.05, 4.69) is 0 Å². The Hall–Kier alpha value is -3.15. The summed E-state index contributed by atoms with van der Waals surface area (Å²) in [5.41, 5.74) is 1.41. The average molecular weight is 367 g/mol. The lowest BCUT2D eigenvalue weighted by atomic mass is 10.1. The Balaban J connectivity index is 1.68. The predicted molar refractivity (Wildman–Crippen MR) is 100 cm³/mol. The summed E-state index contributed by atoms with van der Waals surface area (Å²) in [6, 6.07) is 13.3. The standard InChI is InChI=1S/C21H21NO5/c1-14(20(24)15-8-10-18(26-2)11-9-15)27-21(25)16-5-3-6-17(13-16)22-12-4-7-19(22)23/h3,5-6,8-11,13-14H,4,7,12H2,1-2H3/t14-/m1/s1. The maximum Gasteiger partial charge on any atom is 0.338 e. The molecule has 27 heavy (non-hydrogen) atoms. The van der Waals surface area contributed by atoms with Gasteiger partial charge in [-0.05, 0) is 55.8 Å². The number of anilines is 1. The van der Waals surface area contributed by atoms with Crippen LogP contribution < -0.4 is 9.64 Å². The van der Waals surface area contributed by atoms with Crippen molar-refractivity contribution in [1.29, 1.82) is 0 Å². The number of hydrogen-bond donors (Lipinski definition) is 0. The maximum absolute atomic E-state index is 12.5. The van der Waals surface area contributed by atoms with E-state index >= 15 is 0 Å². The second-order valence-corrected chi connectivity index (χ2v) is 6.34. The van der Waals surface area contributed by atoms with E-state index in [4.69, 9.17) is 9.47 Å². The van der Waals surface area contributed by atoms with Crippen molar-refractivity contribution in [2.24, 2.45) is 0 Å². The molecule has 140 valence electrons. The summed E-state index contributed by atoms with van der Waals surface area (Å²) in [4.78, 5) is 38.4. The van der Waals surface area contributed by atoms with Gasteiger partial charge in [-0.1, -0.05) is 6.07 Å². The summed E-state index contributed by atoms with van der Waals surface area (Å²) in [5, 5.41) is 0. The smallest absolute Gasteiger partial charge is 0.338 e. The molecule has 1 fully saturated rings. The Kier molecular flexibility index (Phi) is 5.54. The van der Waals surface area contributed by atoms with E-state index in [1.165, 1.54) is 6.92 Å². The van der Waals surface area contributed by atoms with Crippen LogP contribution in [0.2, 0.25) is 0 Å². The molecule has 1 amide bonds. The number of amides is 1. The lowest BCUT2D eigenvalue weighted by Crippen LogP contribution is -2.25. The van der Waals surface area contributed by atoms with E-state index in [-0.39, 0.29) is 11.7 Å². The maximum atomic E-state index is 12.5. The quantitative estimate of drug-likeness (QED) is 0.579. The molecule has 2 aromatic carbocycles. The van der Waals surface area contributed by atoms with Crippen LogP contribution in [-0.2, 0) is 9.53 Å². The second-order valence-electron chi connectivity index (χ2n) is 6.34. The molecule has 1 aliphatic rings. The van der Waals surface area contributed by atoms with Gasteiger partial charge >= 0.3 is 5.97 Å². The molecule has 1 aliphatic heterocycles. The van der Waals surface area contributed by atoms with Crippen molar-refractivity contribution in [3.63, 3.8) is 0 Å². The van der Waals surface area contributed by atoms with E-state index in [1.807, 2.05) is 0 Å². The molecular formula is C21H21NO5. The minimum atomic E-state index is -0.928. The number of carbonyl (C=O) groups is 3. The van der Waals surface area contributed by atoms with Gasteiger partial charge in [-0.3, -0.25) is 9.59 Å². The molecule has 0 unspecified atom stereocenters. The number of benzene rings is 2. The number of rotatable bonds is 6. The van der Waals surface area contributed by atoms with Crippen LogP contribution in [0.25, 0.3) is 0 Å². The molecule has 0 bridgehead atoms. The van der Waals surface area contributed by atoms with Crippen LogP contribution in [-0.4, -0.2) is 37.4 Å². The summed E-state index contributed by atoms with van der Waals surface area (Å²) < 4.78 is 10.4. The Labute approximate surface area is 157 Å². The monoisotopic (exact) mass is 367 g/mol. The number of ketones is 1. The lowest BCUT2D eigenvalue weighted by molar-refractivity contribution is -0.117. The molecular weight excluding hydrogens is 346 g/mol. The second kappa shape index (κ2) is 8.03. The van der Waals surface area contributed by atoms with E-state index < -0.39 is 12.1 Å². The zero-order chi connectivity index (χ0) is 19.4. The summed E-state index contributed by atoms with van der Waals surface area (Å²) in [7, 11) is 1.55. The molecule has 1 saturated heterocycles. The van der Waals surface area contributed by atoms with Gasteiger partial charge in [-0.2, -0.15) is 0 Å². The predicted octanol–water partition coefficient (Wildman–Crippen LogP) is 3.25. The Bertz CT molecular complexity index is 859. The fraction of sp³-hybridized carbons (Fsp3) is 0.286. The Morgan fingerprint density at radius 2 is 1.81 bits per heavy atom. The van der Waals surface area contributed by atoms with Crippen LogP contribution >= 0.6 is 0 Å². The SMILES string of the molecule is COc1ccc(C(=O)[C@@H](C)OC(=O)c2cccc(N3CCCC3=O)c2)cc1. The van der Waals surface area contributed by atoms with Gasteiger partial charge in [0.25, 0.3) is 0 Å². The van der Waals surface area contributed by atoms with Crippen LogP contribution in [0.4, 0.5) is 5.69 Å². The number of hydrogen-bond acceptors (Lipinski definition) is 5. The minimum absolute atomic E-state index is 0.0450. The molecule has 0 spiro atoms. The van der Waals surface area contributed by atoms with Crippen molar-refractivity contribution < 1.29 is 23.9 Å². The number of nitrogens with zero attached hydrogens (tertiary/aromatic N) is 1. The van der Waals surface area contributed by atoms with Crippen molar-refractivity contribution in [2.45, 2.75) is 25.9 Å². The number of ether oxygens (including phenoxy) is 2. The van der Waals surface area contributed by atoms with E-state index in [9.17, 15) is 14.4 Å². The Morgan fingerprint density at radius 1 is 1.07 bits per heavy atom. The zero-order valence-electron chi connectivity index (χ0n) is 15.3. The molecule has 0 N–H and O–H groups in total. The fourth-order valence-corrected chi connectivity index (χ4v) is 2.99. The van der Waals surface area contributed by atoms with Gasteiger partial charge in [0.2, 0.25) is 11.7 Å². The molecule has 0 saturated carbocycles. The van der Waals surface area contributed by atoms with Crippen LogP contribution in [0, 0.1) is 0 Å². The molecule has 1 atom stereocenters. The number of esters is 1. The highest BCUT2D eigenvalue weighted by Gasteiger charge is 2.24. The molecule has 0 aliphatic carbocycles. The van der Waals surface area contributed by atoms with Crippen molar-refractivity contribution in [3.8, 4) is 5.75 Å². The molecule has 6 nitrogen and oxygen atoms in total. The lowest BCUT2D eigenvalue weighted by Gasteiger charge is -2.17. The van der Waals surface area contributed by atoms with Crippen molar-refractivity contribution in [1.82, 2.24) is 0 Å². The molecule has 0 radical (unpaired) electrons. The molecule has 6 heteroatoms. The van der Waals surface area contributed by atoms with Gasteiger partial charge in [0.15, 0.2) is 6.10 Å². The van der Waals surface area contributed by atoms with Gasteiger partial charge in [-0.25, -0.2) is 4.79 Å². The molecule has 2 aromatic rings. The van der Waals surface area contributed by atoms with E-state index in [1.54, 1.807) is 60.5 Å². The fourth-order valence-electron chi connectivity index (χ4n) is 2.99. The first-order chi connectivity index (χ1) is 13.0. The summed E-state index contributed by atoms with van der Waals surface area (Å²) in [5.74, 6) is -0.206. The van der Waals surface area contributed by atoms with Crippen LogP contribution in [0.15, 0.2) is 48.5 Å². The third-order valence-electron chi connectivity index (χ3n) is 4.49. The Morgan fingerprint density at radius 3 is 2.44 bits per heavy atom. The minimum Gasteiger partial charge on any atom is -0.497 e. The zero-order valence-corrected chi connectivity index (χ0v) is 15.3. The van der Waals surface area contributed by atoms with Crippen molar-refractivity contribution >= 4 is 23.3 Å². The molecule has 3 rings (SSSR count). The van der Waals surface area contributed by atoms with Gasteiger partial charge in [0, 0.05) is 24.2 Å². The third kappa shape index (κ3) is 4.16. The average Bonchev–Trinajstić information content (AvgIpc) is 3.13. The van der Waals surface area contributed by atoms with Gasteiger partial charge < -0.3 is 14.4 Å². The molecule has 0 aromatic heterocycles. The van der Waals surface area contributed by atoms with E-state index in [0.717, 1.165) is 6.42 Å². The van der Waals surface area contributed by atoms with Crippen molar-refractivity contribution in [2.75, 3.05) is 18.6 Å². The highest BCUT2D eigenvalue weighted by Crippen LogP contribution is 2.23. The van der Waals surface area contributed by atoms with Crippen LogP contribution in [0.3, 0.4) is 0 Å². The largest absolute Gasteiger partial charge is 0.497 e. The summed E-state index contributed by atoms with van der Waals surface area (Å²) in [6.45, 7) is 2.18. The van der Waals surface area contributed by atoms with Crippen LogP contribution in [0.5, 0.6) is 5.75 Å². The highest BCUT2D eigenvalue weighted by molar-refractivity contribution is 6.02. The molecule has 1 heterocycles. The van der Waals surface area contributed by atoms with Crippen LogP contribution in [0.1, 0.15) is 40.5 Å². The number of Topliss-reactive ketones (excluding diaryl/α,β-unsaturated/α-hetero) is 1. The first-order valence-corrected chi connectivity index (χ1v) is 8.79. The van der Waals surface area contributed by atoms with E-state index in [0.29, 0.717) is 35.5 Å². The normalized spacial score (nSPS) is 14.7. The van der Waals surface area contributed by atoms with Gasteiger partial charge in [-0.15, -0.1) is 0 Å². The summed E-state index contributed by atoms with van der Waals surface area (Å²) in [6.07, 6.45) is 0.395.